The molecule has 2 aromatic heterocycles. The number of carbonyl (C=O) groups is 1. The van der Waals surface area contributed by atoms with Crippen molar-refractivity contribution in [3.8, 4) is 0 Å². The third kappa shape index (κ3) is 3.24. The number of benzene rings is 1. The molecule has 0 spiro atoms. The minimum atomic E-state index is -0.236. The zero-order chi connectivity index (χ0) is 16.4. The van der Waals surface area contributed by atoms with Crippen LogP contribution < -0.4 is 10.9 Å². The van der Waals surface area contributed by atoms with Gasteiger partial charge >= 0.3 is 0 Å². The van der Waals surface area contributed by atoms with Crippen LogP contribution in [0.4, 0.5) is 5.69 Å². The number of aromatic amines is 1. The second-order valence-corrected chi connectivity index (χ2v) is 5.50. The van der Waals surface area contributed by atoms with Crippen LogP contribution in [-0.4, -0.2) is 25.5 Å². The number of amides is 1. The number of nitrogens with zero attached hydrogens (tertiary/aromatic N) is 3. The zero-order valence-electron chi connectivity index (χ0n) is 12.3. The molecule has 7 nitrogen and oxygen atoms in total. The molecule has 0 aliphatic carbocycles. The maximum atomic E-state index is 12.3. The van der Waals surface area contributed by atoms with Crippen molar-refractivity contribution in [3.05, 3.63) is 57.2 Å². The van der Waals surface area contributed by atoms with Crippen LogP contribution in [0.25, 0.3) is 5.78 Å². The Hall–Kier alpha value is -2.67. The van der Waals surface area contributed by atoms with Crippen LogP contribution in [0.5, 0.6) is 0 Å². The monoisotopic (exact) mass is 331 g/mol. The first-order valence-corrected chi connectivity index (χ1v) is 7.39. The van der Waals surface area contributed by atoms with Crippen LogP contribution in [0.15, 0.2) is 35.4 Å². The topological polar surface area (TPSA) is 92.2 Å². The molecular formula is C15H14ClN5O2. The molecule has 3 rings (SSSR count). The van der Waals surface area contributed by atoms with Gasteiger partial charge in [-0.1, -0.05) is 17.7 Å². The minimum Gasteiger partial charge on any atom is -0.326 e. The lowest BCUT2D eigenvalue weighted by molar-refractivity contribution is -0.116. The molecule has 3 aromatic rings. The number of anilines is 1. The normalized spacial score (nSPS) is 10.9. The molecule has 0 atom stereocenters. The Bertz CT molecular complexity index is 931. The van der Waals surface area contributed by atoms with E-state index in [1.807, 2.05) is 0 Å². The first-order chi connectivity index (χ1) is 11.0. The van der Waals surface area contributed by atoms with Gasteiger partial charge in [-0.3, -0.25) is 14.7 Å². The van der Waals surface area contributed by atoms with Gasteiger partial charge in [-0.05, 0) is 31.5 Å². The summed E-state index contributed by atoms with van der Waals surface area (Å²) in [5.74, 6) is 0.125. The number of hydrogen-bond donors (Lipinski definition) is 2. The van der Waals surface area contributed by atoms with Crippen molar-refractivity contribution >= 4 is 29.0 Å². The molecule has 8 heteroatoms. The van der Waals surface area contributed by atoms with Gasteiger partial charge in [0.15, 0.2) is 0 Å². The Labute approximate surface area is 136 Å². The summed E-state index contributed by atoms with van der Waals surface area (Å²) in [5.41, 5.74) is 1.46. The number of carbonyl (C=O) groups excluding carboxylic acids is 1. The van der Waals surface area contributed by atoms with E-state index in [4.69, 9.17) is 11.6 Å². The van der Waals surface area contributed by atoms with Gasteiger partial charge in [-0.2, -0.15) is 4.52 Å². The molecular weight excluding hydrogens is 318 g/mol. The van der Waals surface area contributed by atoms with Crippen LogP contribution in [-0.2, 0) is 11.2 Å². The van der Waals surface area contributed by atoms with Crippen molar-refractivity contribution < 1.29 is 4.79 Å². The molecule has 2 heterocycles. The number of aryl methyl sites for hydroxylation is 1. The summed E-state index contributed by atoms with van der Waals surface area (Å²) in [6, 6.07) is 6.90. The molecule has 0 aliphatic rings. The first-order valence-electron chi connectivity index (χ1n) is 7.01. The molecule has 1 amide bonds. The van der Waals surface area contributed by atoms with Crippen LogP contribution in [0, 0.1) is 6.92 Å². The third-order valence-electron chi connectivity index (χ3n) is 3.44. The summed E-state index contributed by atoms with van der Waals surface area (Å²) in [7, 11) is 0. The zero-order valence-corrected chi connectivity index (χ0v) is 13.1. The van der Waals surface area contributed by atoms with E-state index in [1.165, 1.54) is 10.8 Å². The summed E-state index contributed by atoms with van der Waals surface area (Å²) in [4.78, 5) is 32.5. The van der Waals surface area contributed by atoms with E-state index in [9.17, 15) is 9.59 Å². The highest BCUT2D eigenvalue weighted by molar-refractivity contribution is 6.30. The van der Waals surface area contributed by atoms with E-state index in [0.29, 0.717) is 34.2 Å². The number of hydrogen-bond acceptors (Lipinski definition) is 4. The lowest BCUT2D eigenvalue weighted by Crippen LogP contribution is -2.23. The molecule has 0 fully saturated rings. The lowest BCUT2D eigenvalue weighted by atomic mass is 10.1. The fourth-order valence-corrected chi connectivity index (χ4v) is 2.50. The molecule has 0 unspecified atom stereocenters. The Morgan fingerprint density at radius 2 is 2.26 bits per heavy atom. The number of aromatic nitrogens is 4. The van der Waals surface area contributed by atoms with Gasteiger partial charge in [-0.25, -0.2) is 9.97 Å². The maximum absolute atomic E-state index is 12.3. The predicted molar refractivity (Wildman–Crippen MR) is 86.7 cm³/mol. The molecule has 118 valence electrons. The summed E-state index contributed by atoms with van der Waals surface area (Å²) in [6.45, 7) is 1.74. The molecule has 0 bridgehead atoms. The Morgan fingerprint density at radius 1 is 1.43 bits per heavy atom. The van der Waals surface area contributed by atoms with E-state index in [0.717, 1.165) is 0 Å². The Kier molecular flexibility index (Phi) is 4.12. The van der Waals surface area contributed by atoms with Crippen molar-refractivity contribution in [3.63, 3.8) is 0 Å². The van der Waals surface area contributed by atoms with E-state index < -0.39 is 0 Å². The Balaban J connectivity index is 1.73. The molecule has 0 radical (unpaired) electrons. The largest absolute Gasteiger partial charge is 0.326 e. The quantitative estimate of drug-likeness (QED) is 0.764. The fourth-order valence-electron chi connectivity index (χ4n) is 2.31. The average Bonchev–Trinajstić information content (AvgIpc) is 2.95. The van der Waals surface area contributed by atoms with Gasteiger partial charge in [0.1, 0.15) is 6.33 Å². The summed E-state index contributed by atoms with van der Waals surface area (Å²) in [5, 5.41) is 6.00. The van der Waals surface area contributed by atoms with Crippen LogP contribution in [0.3, 0.4) is 0 Å². The van der Waals surface area contributed by atoms with Gasteiger partial charge in [0.25, 0.3) is 11.3 Å². The lowest BCUT2D eigenvalue weighted by Gasteiger charge is -2.07. The summed E-state index contributed by atoms with van der Waals surface area (Å²) in [6.07, 6.45) is 1.87. The second-order valence-electron chi connectivity index (χ2n) is 5.06. The summed E-state index contributed by atoms with van der Waals surface area (Å²) < 4.78 is 1.26. The van der Waals surface area contributed by atoms with Crippen LogP contribution in [0.2, 0.25) is 5.02 Å². The first kappa shape index (κ1) is 15.2. The fraction of sp³-hybridized carbons (Fsp3) is 0.200. The van der Waals surface area contributed by atoms with E-state index in [2.05, 4.69) is 20.4 Å². The highest BCUT2D eigenvalue weighted by Crippen LogP contribution is 2.15. The smallest absolute Gasteiger partial charge is 0.277 e. The standard InChI is InChI=1S/C15H14ClN5O2/c1-9-12(14(23)21-15(19-9)17-8-18-21)5-6-13(22)20-11-4-2-3-10(16)7-11/h2-4,7-8H,5-6H2,1H3,(H,20,22)(H,17,18,19). The van der Waals surface area contributed by atoms with Gasteiger partial charge in [-0.15, -0.1) is 0 Å². The number of halogens is 1. The van der Waals surface area contributed by atoms with E-state index in [-0.39, 0.29) is 17.9 Å². The SMILES string of the molecule is Cc1nc2nc[nH]n2c(=O)c1CCC(=O)Nc1cccc(Cl)c1. The molecule has 23 heavy (non-hydrogen) atoms. The molecule has 2 N–H and O–H groups in total. The molecule has 0 saturated carbocycles. The van der Waals surface area contributed by atoms with E-state index in [1.54, 1.807) is 31.2 Å². The van der Waals surface area contributed by atoms with Crippen molar-refractivity contribution in [1.29, 1.82) is 0 Å². The Morgan fingerprint density at radius 3 is 3.04 bits per heavy atom. The van der Waals surface area contributed by atoms with Crippen molar-refractivity contribution in [2.45, 2.75) is 19.8 Å². The average molecular weight is 332 g/mol. The van der Waals surface area contributed by atoms with Crippen LogP contribution in [0.1, 0.15) is 17.7 Å². The van der Waals surface area contributed by atoms with Crippen molar-refractivity contribution in [2.24, 2.45) is 0 Å². The van der Waals surface area contributed by atoms with Gasteiger partial charge in [0, 0.05) is 22.7 Å². The van der Waals surface area contributed by atoms with E-state index >= 15 is 0 Å². The third-order valence-corrected chi connectivity index (χ3v) is 3.68. The number of fused-ring (bicyclic) bond motifs is 1. The molecule has 0 aliphatic heterocycles. The highest BCUT2D eigenvalue weighted by Gasteiger charge is 2.13. The second kappa shape index (κ2) is 6.21. The van der Waals surface area contributed by atoms with Crippen molar-refractivity contribution in [2.75, 3.05) is 5.32 Å². The molecule has 1 aromatic carbocycles. The van der Waals surface area contributed by atoms with Gasteiger partial charge in [0.2, 0.25) is 5.91 Å². The summed E-state index contributed by atoms with van der Waals surface area (Å²) >= 11 is 5.87. The van der Waals surface area contributed by atoms with Gasteiger partial charge in [0.05, 0.1) is 5.69 Å². The number of nitrogens with one attached hydrogen (secondary N) is 2. The number of rotatable bonds is 4. The molecule has 0 saturated heterocycles. The van der Waals surface area contributed by atoms with Crippen LogP contribution >= 0.6 is 11.6 Å². The highest BCUT2D eigenvalue weighted by atomic mass is 35.5. The van der Waals surface area contributed by atoms with Gasteiger partial charge < -0.3 is 5.32 Å². The maximum Gasteiger partial charge on any atom is 0.277 e. The minimum absolute atomic E-state index is 0.171. The van der Waals surface area contributed by atoms with Crippen molar-refractivity contribution in [1.82, 2.24) is 19.6 Å². The number of H-pyrrole nitrogens is 1. The predicted octanol–water partition coefficient (Wildman–Crippen LogP) is 1.95.